The molecule has 1 aromatic carbocycles. The fourth-order valence-electron chi connectivity index (χ4n) is 1.74. The van der Waals surface area contributed by atoms with E-state index in [-0.39, 0.29) is 22.9 Å². The zero-order chi connectivity index (χ0) is 13.8. The summed E-state index contributed by atoms with van der Waals surface area (Å²) in [7, 11) is 0. The Morgan fingerprint density at radius 1 is 1.11 bits per heavy atom. The summed E-state index contributed by atoms with van der Waals surface area (Å²) in [6, 6.07) is 9.26. The molecule has 1 unspecified atom stereocenters. The van der Waals surface area contributed by atoms with E-state index in [0.717, 1.165) is 5.56 Å². The average Bonchev–Trinajstić information content (AvgIpc) is 2.34. The topological polar surface area (TPSA) is 34.1 Å². The standard InChI is InChI=1S/C16H22O2/c1-12(10-11-14(17)16(2,3)4)15(18)13-8-6-5-7-9-13/h5-9,12H,10-11H2,1-4H3. The van der Waals surface area contributed by atoms with Crippen LogP contribution in [0.25, 0.3) is 0 Å². The molecule has 0 radical (unpaired) electrons. The van der Waals surface area contributed by atoms with Gasteiger partial charge in [-0.15, -0.1) is 0 Å². The Bertz CT molecular complexity index is 412. The van der Waals surface area contributed by atoms with Crippen LogP contribution in [0.4, 0.5) is 0 Å². The van der Waals surface area contributed by atoms with Crippen molar-refractivity contribution in [2.24, 2.45) is 11.3 Å². The highest BCUT2D eigenvalue weighted by Crippen LogP contribution is 2.21. The molecular weight excluding hydrogens is 224 g/mol. The number of ketones is 2. The summed E-state index contributed by atoms with van der Waals surface area (Å²) in [5.41, 5.74) is 0.420. The van der Waals surface area contributed by atoms with E-state index in [1.807, 2.05) is 58.0 Å². The van der Waals surface area contributed by atoms with Gasteiger partial charge in [-0.25, -0.2) is 0 Å². The molecule has 0 fully saturated rings. The molecule has 98 valence electrons. The molecule has 2 nitrogen and oxygen atoms in total. The molecule has 0 spiro atoms. The summed E-state index contributed by atoms with van der Waals surface area (Å²) >= 11 is 0. The fraction of sp³-hybridized carbons (Fsp3) is 0.500. The molecule has 0 saturated carbocycles. The average molecular weight is 246 g/mol. The maximum atomic E-state index is 12.1. The van der Waals surface area contributed by atoms with E-state index < -0.39 is 0 Å². The van der Waals surface area contributed by atoms with Gasteiger partial charge in [-0.05, 0) is 6.42 Å². The summed E-state index contributed by atoms with van der Waals surface area (Å²) in [5, 5.41) is 0. The highest BCUT2D eigenvalue weighted by Gasteiger charge is 2.23. The molecule has 1 aromatic rings. The van der Waals surface area contributed by atoms with Gasteiger partial charge < -0.3 is 0 Å². The van der Waals surface area contributed by atoms with E-state index in [1.165, 1.54) is 0 Å². The molecule has 0 saturated heterocycles. The van der Waals surface area contributed by atoms with Gasteiger partial charge in [-0.3, -0.25) is 9.59 Å². The SMILES string of the molecule is CC(CCC(=O)C(C)(C)C)C(=O)c1ccccc1. The van der Waals surface area contributed by atoms with Crippen molar-refractivity contribution in [2.45, 2.75) is 40.5 Å². The summed E-state index contributed by atoms with van der Waals surface area (Å²) in [6.07, 6.45) is 1.10. The number of hydrogen-bond donors (Lipinski definition) is 0. The van der Waals surface area contributed by atoms with Gasteiger partial charge in [0.2, 0.25) is 0 Å². The fourth-order valence-corrected chi connectivity index (χ4v) is 1.74. The molecular formula is C16H22O2. The van der Waals surface area contributed by atoms with Crippen molar-refractivity contribution >= 4 is 11.6 Å². The molecule has 2 heteroatoms. The van der Waals surface area contributed by atoms with Gasteiger partial charge in [-0.2, -0.15) is 0 Å². The van der Waals surface area contributed by atoms with Crippen LogP contribution in [0.3, 0.4) is 0 Å². The van der Waals surface area contributed by atoms with Crippen LogP contribution in [0.1, 0.15) is 50.9 Å². The van der Waals surface area contributed by atoms with Crippen LogP contribution >= 0.6 is 0 Å². The van der Waals surface area contributed by atoms with Gasteiger partial charge in [-0.1, -0.05) is 58.0 Å². The highest BCUT2D eigenvalue weighted by atomic mass is 16.1. The van der Waals surface area contributed by atoms with Gasteiger partial charge in [0.05, 0.1) is 0 Å². The first kappa shape index (κ1) is 14.6. The molecule has 0 aromatic heterocycles. The molecule has 0 N–H and O–H groups in total. The smallest absolute Gasteiger partial charge is 0.165 e. The molecule has 0 aliphatic heterocycles. The van der Waals surface area contributed by atoms with Crippen molar-refractivity contribution in [3.8, 4) is 0 Å². The summed E-state index contributed by atoms with van der Waals surface area (Å²) < 4.78 is 0. The molecule has 0 aliphatic carbocycles. The number of hydrogen-bond acceptors (Lipinski definition) is 2. The van der Waals surface area contributed by atoms with E-state index in [9.17, 15) is 9.59 Å². The normalized spacial score (nSPS) is 13.1. The lowest BCUT2D eigenvalue weighted by Gasteiger charge is -2.17. The quantitative estimate of drug-likeness (QED) is 0.738. The van der Waals surface area contributed by atoms with Crippen LogP contribution in [0.2, 0.25) is 0 Å². The van der Waals surface area contributed by atoms with E-state index >= 15 is 0 Å². The van der Waals surface area contributed by atoms with Crippen molar-refractivity contribution in [1.82, 2.24) is 0 Å². The van der Waals surface area contributed by atoms with Gasteiger partial charge in [0, 0.05) is 23.3 Å². The van der Waals surface area contributed by atoms with Crippen molar-refractivity contribution in [1.29, 1.82) is 0 Å². The second kappa shape index (κ2) is 5.94. The minimum Gasteiger partial charge on any atom is -0.299 e. The Kier molecular flexibility index (Phi) is 4.83. The minimum absolute atomic E-state index is 0.0984. The van der Waals surface area contributed by atoms with Crippen LogP contribution in [0.15, 0.2) is 30.3 Å². The van der Waals surface area contributed by atoms with Crippen molar-refractivity contribution in [3.05, 3.63) is 35.9 Å². The Hall–Kier alpha value is -1.44. The second-order valence-electron chi connectivity index (χ2n) is 5.84. The predicted molar refractivity (Wildman–Crippen MR) is 73.6 cm³/mol. The largest absolute Gasteiger partial charge is 0.299 e. The summed E-state index contributed by atoms with van der Waals surface area (Å²) in [4.78, 5) is 23.9. The van der Waals surface area contributed by atoms with Gasteiger partial charge in [0.25, 0.3) is 0 Å². The Morgan fingerprint density at radius 2 is 1.67 bits per heavy atom. The number of Topliss-reactive ketones (excluding diaryl/α,β-unsaturated/α-hetero) is 2. The number of rotatable bonds is 5. The Morgan fingerprint density at radius 3 is 2.17 bits per heavy atom. The number of benzene rings is 1. The van der Waals surface area contributed by atoms with Gasteiger partial charge >= 0.3 is 0 Å². The lowest BCUT2D eigenvalue weighted by molar-refractivity contribution is -0.126. The zero-order valence-corrected chi connectivity index (χ0v) is 11.7. The molecule has 0 amide bonds. The highest BCUT2D eigenvalue weighted by molar-refractivity contribution is 5.97. The van der Waals surface area contributed by atoms with E-state index in [2.05, 4.69) is 0 Å². The van der Waals surface area contributed by atoms with Crippen LogP contribution in [0, 0.1) is 11.3 Å². The zero-order valence-electron chi connectivity index (χ0n) is 11.7. The van der Waals surface area contributed by atoms with Gasteiger partial charge in [0.15, 0.2) is 5.78 Å². The van der Waals surface area contributed by atoms with E-state index in [1.54, 1.807) is 0 Å². The van der Waals surface area contributed by atoms with E-state index in [4.69, 9.17) is 0 Å². The summed E-state index contributed by atoms with van der Waals surface area (Å²) in [5.74, 6) is 0.242. The van der Waals surface area contributed by atoms with Gasteiger partial charge in [0.1, 0.15) is 5.78 Å². The third-order valence-electron chi connectivity index (χ3n) is 3.15. The van der Waals surface area contributed by atoms with E-state index in [0.29, 0.717) is 12.8 Å². The predicted octanol–water partition coefficient (Wildman–Crippen LogP) is 3.90. The van der Waals surface area contributed by atoms with Crippen molar-refractivity contribution in [3.63, 3.8) is 0 Å². The maximum Gasteiger partial charge on any atom is 0.165 e. The van der Waals surface area contributed by atoms with Crippen molar-refractivity contribution < 1.29 is 9.59 Å². The summed E-state index contributed by atoms with van der Waals surface area (Å²) in [6.45, 7) is 7.64. The molecule has 18 heavy (non-hydrogen) atoms. The van der Waals surface area contributed by atoms with Crippen LogP contribution in [-0.4, -0.2) is 11.6 Å². The lowest BCUT2D eigenvalue weighted by Crippen LogP contribution is -2.22. The molecule has 0 aliphatic rings. The lowest BCUT2D eigenvalue weighted by atomic mass is 9.85. The molecule has 1 atom stereocenters. The third kappa shape index (κ3) is 4.10. The number of carbonyl (C=O) groups excluding carboxylic acids is 2. The minimum atomic E-state index is -0.310. The second-order valence-corrected chi connectivity index (χ2v) is 5.84. The maximum absolute atomic E-state index is 12.1. The van der Waals surface area contributed by atoms with Crippen LogP contribution in [-0.2, 0) is 4.79 Å². The molecule has 0 bridgehead atoms. The van der Waals surface area contributed by atoms with Crippen molar-refractivity contribution in [2.75, 3.05) is 0 Å². The van der Waals surface area contributed by atoms with Crippen LogP contribution in [0.5, 0.6) is 0 Å². The first-order valence-corrected chi connectivity index (χ1v) is 6.45. The monoisotopic (exact) mass is 246 g/mol. The third-order valence-corrected chi connectivity index (χ3v) is 3.15. The molecule has 1 rings (SSSR count). The first-order chi connectivity index (χ1) is 8.32. The first-order valence-electron chi connectivity index (χ1n) is 6.45. The van der Waals surface area contributed by atoms with Crippen LogP contribution < -0.4 is 0 Å². The Labute approximate surface area is 109 Å². The Balaban J connectivity index is 2.54. The number of carbonyl (C=O) groups is 2. The molecule has 0 heterocycles.